The minimum Gasteiger partial charge on any atom is -0.318 e. The van der Waals surface area contributed by atoms with Gasteiger partial charge in [0, 0.05) is 24.2 Å². The van der Waals surface area contributed by atoms with E-state index in [0.29, 0.717) is 24.0 Å². The van der Waals surface area contributed by atoms with Crippen molar-refractivity contribution < 1.29 is 4.79 Å². The van der Waals surface area contributed by atoms with Crippen molar-refractivity contribution in [3.63, 3.8) is 0 Å². The molecule has 7 heteroatoms. The molecule has 0 aliphatic heterocycles. The van der Waals surface area contributed by atoms with E-state index in [1.807, 2.05) is 35.1 Å². The van der Waals surface area contributed by atoms with E-state index < -0.39 is 0 Å². The Morgan fingerprint density at radius 1 is 1.14 bits per heavy atom. The van der Waals surface area contributed by atoms with Gasteiger partial charge < -0.3 is 10.6 Å². The third kappa shape index (κ3) is 4.05. The van der Waals surface area contributed by atoms with E-state index in [2.05, 4.69) is 50.2 Å². The van der Waals surface area contributed by atoms with E-state index in [1.165, 1.54) is 24.0 Å². The molecule has 2 heterocycles. The average Bonchev–Trinajstić information content (AvgIpc) is 3.30. The number of aromatic nitrogens is 4. The number of benzene rings is 2. The summed E-state index contributed by atoms with van der Waals surface area (Å²) in [6.07, 6.45) is 6.07. The Hall–Kier alpha value is -3.45. The van der Waals surface area contributed by atoms with Gasteiger partial charge in [-0.25, -0.2) is 0 Å². The Morgan fingerprint density at radius 3 is 2.90 bits per heavy atom. The third-order valence-electron chi connectivity index (χ3n) is 5.08. The van der Waals surface area contributed by atoms with Crippen molar-refractivity contribution in [1.82, 2.24) is 25.3 Å². The first kappa shape index (κ1) is 17.6. The Morgan fingerprint density at radius 2 is 2.00 bits per heavy atom. The van der Waals surface area contributed by atoms with Gasteiger partial charge in [0.15, 0.2) is 5.69 Å². The summed E-state index contributed by atoms with van der Waals surface area (Å²) >= 11 is 0. The van der Waals surface area contributed by atoms with E-state index >= 15 is 0 Å². The lowest BCUT2D eigenvalue weighted by Gasteiger charge is -2.07. The van der Waals surface area contributed by atoms with Crippen LogP contribution in [0.15, 0.2) is 60.9 Å². The number of amides is 1. The van der Waals surface area contributed by atoms with Gasteiger partial charge in [0.05, 0.1) is 23.9 Å². The Kier molecular flexibility index (Phi) is 4.57. The maximum Gasteiger partial charge on any atom is 0.276 e. The van der Waals surface area contributed by atoms with Crippen molar-refractivity contribution in [2.75, 3.05) is 5.32 Å². The van der Waals surface area contributed by atoms with Crippen LogP contribution >= 0.6 is 0 Å². The molecule has 0 unspecified atom stereocenters. The average molecular weight is 386 g/mol. The minimum atomic E-state index is -0.254. The van der Waals surface area contributed by atoms with Crippen LogP contribution in [0.1, 0.15) is 34.5 Å². The molecule has 29 heavy (non-hydrogen) atoms. The summed E-state index contributed by atoms with van der Waals surface area (Å²) in [4.78, 5) is 12.6. The van der Waals surface area contributed by atoms with Gasteiger partial charge >= 0.3 is 0 Å². The molecular formula is C22H22N6O. The molecule has 1 aliphatic carbocycles. The predicted octanol–water partition coefficient (Wildman–Crippen LogP) is 3.31. The number of para-hydroxylation sites is 1. The molecule has 0 radical (unpaired) electrons. The smallest absolute Gasteiger partial charge is 0.276 e. The summed E-state index contributed by atoms with van der Waals surface area (Å²) in [5.41, 5.74) is 4.32. The third-order valence-corrected chi connectivity index (χ3v) is 5.08. The molecule has 3 N–H and O–H groups in total. The van der Waals surface area contributed by atoms with Gasteiger partial charge in [0.25, 0.3) is 5.91 Å². The van der Waals surface area contributed by atoms with Gasteiger partial charge in [-0.3, -0.25) is 14.6 Å². The van der Waals surface area contributed by atoms with Gasteiger partial charge in [-0.05, 0) is 30.0 Å². The number of carbonyl (C=O) groups excluding carboxylic acids is 1. The number of H-pyrrole nitrogens is 1. The summed E-state index contributed by atoms with van der Waals surface area (Å²) in [6, 6.07) is 16.8. The highest BCUT2D eigenvalue weighted by atomic mass is 16.2. The van der Waals surface area contributed by atoms with Crippen molar-refractivity contribution in [2.24, 2.45) is 0 Å². The molecule has 2 aromatic carbocycles. The fourth-order valence-corrected chi connectivity index (χ4v) is 3.42. The summed E-state index contributed by atoms with van der Waals surface area (Å²) in [5.74, 6) is -0.254. The Labute approximate surface area is 168 Å². The van der Waals surface area contributed by atoms with Crippen molar-refractivity contribution >= 4 is 22.5 Å². The number of fused-ring (bicyclic) bond motifs is 1. The molecule has 1 amide bonds. The van der Waals surface area contributed by atoms with Crippen LogP contribution in [0.3, 0.4) is 0 Å². The topological polar surface area (TPSA) is 87.6 Å². The molecule has 0 atom stereocenters. The van der Waals surface area contributed by atoms with Gasteiger partial charge in [-0.2, -0.15) is 10.2 Å². The lowest BCUT2D eigenvalue weighted by atomic mass is 10.1. The number of hydrogen-bond donors (Lipinski definition) is 3. The van der Waals surface area contributed by atoms with E-state index in [4.69, 9.17) is 0 Å². The molecule has 0 saturated heterocycles. The molecule has 1 fully saturated rings. The minimum absolute atomic E-state index is 0.254. The van der Waals surface area contributed by atoms with Gasteiger partial charge in [-0.1, -0.05) is 42.5 Å². The Balaban J connectivity index is 1.25. The van der Waals surface area contributed by atoms with Crippen molar-refractivity contribution in [3.8, 4) is 0 Å². The molecule has 5 rings (SSSR count). The zero-order chi connectivity index (χ0) is 19.6. The first-order valence-electron chi connectivity index (χ1n) is 9.83. The molecule has 7 nitrogen and oxygen atoms in total. The normalized spacial score (nSPS) is 13.7. The standard InChI is InChI=1S/C22H22N6O/c29-22(21-19-6-1-2-7-20(19)26-27-21)25-18-12-24-28(14-18)13-16-5-3-4-15(10-16)11-23-17-8-9-17/h1-7,10,12,14,17,23H,8-9,11,13H2,(H,25,29)(H,26,27). The molecular weight excluding hydrogens is 364 g/mol. The highest BCUT2D eigenvalue weighted by Gasteiger charge is 2.20. The van der Waals surface area contributed by atoms with Gasteiger partial charge in [0.1, 0.15) is 0 Å². The lowest BCUT2D eigenvalue weighted by Crippen LogP contribution is -2.15. The number of aromatic amines is 1. The van der Waals surface area contributed by atoms with E-state index in [9.17, 15) is 4.79 Å². The van der Waals surface area contributed by atoms with Crippen LogP contribution in [-0.2, 0) is 13.1 Å². The summed E-state index contributed by atoms with van der Waals surface area (Å²) in [5, 5.41) is 18.6. The first-order chi connectivity index (χ1) is 14.2. The predicted molar refractivity (Wildman–Crippen MR) is 112 cm³/mol. The molecule has 146 valence electrons. The SMILES string of the molecule is O=C(Nc1cnn(Cc2cccc(CNC3CC3)c2)c1)c1n[nH]c2ccccc12. The number of carbonyl (C=O) groups is 1. The van der Waals surface area contributed by atoms with Crippen molar-refractivity contribution in [3.05, 3.63) is 77.7 Å². The maximum atomic E-state index is 12.6. The van der Waals surface area contributed by atoms with Crippen LogP contribution < -0.4 is 10.6 Å². The first-order valence-corrected chi connectivity index (χ1v) is 9.83. The summed E-state index contributed by atoms with van der Waals surface area (Å²) < 4.78 is 1.83. The maximum absolute atomic E-state index is 12.6. The second-order valence-corrected chi connectivity index (χ2v) is 7.47. The fraction of sp³-hybridized carbons (Fsp3) is 0.227. The second kappa shape index (κ2) is 7.52. The van der Waals surface area contributed by atoms with E-state index in [-0.39, 0.29) is 5.91 Å². The second-order valence-electron chi connectivity index (χ2n) is 7.47. The summed E-state index contributed by atoms with van der Waals surface area (Å²) in [7, 11) is 0. The van der Waals surface area contributed by atoms with Crippen molar-refractivity contribution in [2.45, 2.75) is 32.0 Å². The summed E-state index contributed by atoms with van der Waals surface area (Å²) in [6.45, 7) is 1.55. The van der Waals surface area contributed by atoms with Crippen LogP contribution in [0.5, 0.6) is 0 Å². The van der Waals surface area contributed by atoms with Crippen LogP contribution in [-0.4, -0.2) is 31.9 Å². The quantitative estimate of drug-likeness (QED) is 0.455. The number of rotatable bonds is 7. The van der Waals surface area contributed by atoms with Crippen LogP contribution in [0.2, 0.25) is 0 Å². The molecule has 1 aliphatic rings. The number of nitrogens with one attached hydrogen (secondary N) is 3. The van der Waals surface area contributed by atoms with Crippen LogP contribution in [0, 0.1) is 0 Å². The molecule has 0 spiro atoms. The van der Waals surface area contributed by atoms with E-state index in [0.717, 1.165) is 17.4 Å². The fourth-order valence-electron chi connectivity index (χ4n) is 3.42. The molecule has 0 bridgehead atoms. The zero-order valence-corrected chi connectivity index (χ0v) is 15.9. The molecule has 2 aromatic heterocycles. The van der Waals surface area contributed by atoms with Gasteiger partial charge in [-0.15, -0.1) is 0 Å². The Bertz CT molecular complexity index is 1160. The highest BCUT2D eigenvalue weighted by Crippen LogP contribution is 2.20. The zero-order valence-electron chi connectivity index (χ0n) is 15.9. The van der Waals surface area contributed by atoms with Gasteiger partial charge in [0.2, 0.25) is 0 Å². The van der Waals surface area contributed by atoms with E-state index in [1.54, 1.807) is 6.20 Å². The monoisotopic (exact) mass is 386 g/mol. The number of nitrogens with zero attached hydrogens (tertiary/aromatic N) is 3. The highest BCUT2D eigenvalue weighted by molar-refractivity contribution is 6.10. The van der Waals surface area contributed by atoms with Crippen molar-refractivity contribution in [1.29, 1.82) is 0 Å². The molecule has 1 saturated carbocycles. The molecule has 4 aromatic rings. The largest absolute Gasteiger partial charge is 0.318 e. The van der Waals surface area contributed by atoms with Crippen LogP contribution in [0.4, 0.5) is 5.69 Å². The van der Waals surface area contributed by atoms with Crippen LogP contribution in [0.25, 0.3) is 10.9 Å². The lowest BCUT2D eigenvalue weighted by molar-refractivity contribution is 0.102. The number of hydrogen-bond acceptors (Lipinski definition) is 4. The number of anilines is 1.